The van der Waals surface area contributed by atoms with Crippen molar-refractivity contribution in [2.75, 3.05) is 25.5 Å². The van der Waals surface area contributed by atoms with Crippen molar-refractivity contribution >= 4 is 22.5 Å². The summed E-state index contributed by atoms with van der Waals surface area (Å²) in [6, 6.07) is 21.7. The van der Waals surface area contributed by atoms with Crippen LogP contribution in [0.2, 0.25) is 0 Å². The third-order valence-corrected chi connectivity index (χ3v) is 5.98. The molecule has 0 radical (unpaired) electrons. The van der Waals surface area contributed by atoms with E-state index in [0.29, 0.717) is 11.5 Å². The van der Waals surface area contributed by atoms with Gasteiger partial charge in [-0.1, -0.05) is 30.3 Å². The lowest BCUT2D eigenvalue weighted by atomic mass is 9.91. The second-order valence-electron chi connectivity index (χ2n) is 8.17. The number of para-hydroxylation sites is 1. The summed E-state index contributed by atoms with van der Waals surface area (Å²) in [7, 11) is 2.17. The van der Waals surface area contributed by atoms with Gasteiger partial charge in [0.15, 0.2) is 0 Å². The average molecular weight is 409 g/mol. The van der Waals surface area contributed by atoms with Gasteiger partial charge < -0.3 is 10.2 Å². The molecule has 5 rings (SSSR count). The zero-order valence-electron chi connectivity index (χ0n) is 17.5. The first-order chi connectivity index (χ1) is 15.2. The summed E-state index contributed by atoms with van der Waals surface area (Å²) in [5.41, 5.74) is 5.95. The molecule has 1 N–H and O–H groups in total. The van der Waals surface area contributed by atoms with E-state index in [1.54, 1.807) is 6.33 Å². The van der Waals surface area contributed by atoms with E-state index in [1.165, 1.54) is 5.56 Å². The summed E-state index contributed by atoms with van der Waals surface area (Å²) in [6.45, 7) is 2.15. The molecule has 1 amide bonds. The highest BCUT2D eigenvalue weighted by Gasteiger charge is 2.24. The Kier molecular flexibility index (Phi) is 5.18. The number of nitrogens with one attached hydrogen (secondary N) is 1. The van der Waals surface area contributed by atoms with E-state index in [2.05, 4.69) is 39.4 Å². The number of likely N-dealkylation sites (tertiary alicyclic amines) is 1. The lowest BCUT2D eigenvalue weighted by molar-refractivity contribution is 0.102. The van der Waals surface area contributed by atoms with E-state index in [-0.39, 0.29) is 5.91 Å². The molecule has 0 saturated carbocycles. The van der Waals surface area contributed by atoms with Crippen LogP contribution in [0.3, 0.4) is 0 Å². The van der Waals surface area contributed by atoms with Crippen LogP contribution in [0.1, 0.15) is 28.3 Å². The van der Waals surface area contributed by atoms with E-state index < -0.39 is 0 Å². The van der Waals surface area contributed by atoms with Gasteiger partial charge in [0.05, 0.1) is 5.52 Å². The number of nitrogens with zero attached hydrogens (tertiary/aromatic N) is 3. The molecule has 31 heavy (non-hydrogen) atoms. The van der Waals surface area contributed by atoms with Gasteiger partial charge in [-0.2, -0.15) is 0 Å². The van der Waals surface area contributed by atoms with Crippen molar-refractivity contribution in [2.45, 2.75) is 12.3 Å². The maximum absolute atomic E-state index is 12.6. The van der Waals surface area contributed by atoms with Gasteiger partial charge in [-0.15, -0.1) is 0 Å². The molecule has 0 aliphatic carbocycles. The molecular weight excluding hydrogens is 384 g/mol. The fraction of sp³-hybridized carbons (Fsp3) is 0.192. The molecule has 1 atom stereocenters. The first-order valence-electron chi connectivity index (χ1n) is 10.6. The molecule has 4 aromatic rings. The van der Waals surface area contributed by atoms with Gasteiger partial charge in [-0.3, -0.25) is 4.79 Å². The first-order valence-corrected chi connectivity index (χ1v) is 10.6. The van der Waals surface area contributed by atoms with Gasteiger partial charge in [-0.25, -0.2) is 9.97 Å². The number of hydrogen-bond acceptors (Lipinski definition) is 4. The summed E-state index contributed by atoms with van der Waals surface area (Å²) >= 11 is 0. The SMILES string of the molecule is CN1CCC(c2cc(-c3ccc(C(=O)Nc4ccccc4)cc3)cc3cncnc23)C1. The topological polar surface area (TPSA) is 58.1 Å². The molecule has 1 saturated heterocycles. The van der Waals surface area contributed by atoms with Crippen LogP contribution in [0.25, 0.3) is 22.0 Å². The molecule has 5 heteroatoms. The zero-order valence-corrected chi connectivity index (χ0v) is 17.5. The van der Waals surface area contributed by atoms with Crippen LogP contribution in [0.15, 0.2) is 79.3 Å². The van der Waals surface area contributed by atoms with Crippen LogP contribution in [0.4, 0.5) is 5.69 Å². The molecule has 1 aromatic heterocycles. The van der Waals surface area contributed by atoms with Crippen molar-refractivity contribution < 1.29 is 4.79 Å². The summed E-state index contributed by atoms with van der Waals surface area (Å²) in [5.74, 6) is 0.359. The normalized spacial score (nSPS) is 16.5. The number of aromatic nitrogens is 2. The number of benzene rings is 3. The van der Waals surface area contributed by atoms with Gasteiger partial charge in [-0.05, 0) is 79.0 Å². The maximum Gasteiger partial charge on any atom is 0.255 e. The van der Waals surface area contributed by atoms with Gasteiger partial charge in [0.2, 0.25) is 0 Å². The Bertz CT molecular complexity index is 1220. The highest BCUT2D eigenvalue weighted by atomic mass is 16.1. The third-order valence-electron chi connectivity index (χ3n) is 5.98. The van der Waals surface area contributed by atoms with E-state index in [4.69, 9.17) is 0 Å². The predicted octanol–water partition coefficient (Wildman–Crippen LogP) is 4.97. The molecule has 3 aromatic carbocycles. The highest BCUT2D eigenvalue weighted by molar-refractivity contribution is 6.04. The van der Waals surface area contributed by atoms with Crippen molar-refractivity contribution in [3.63, 3.8) is 0 Å². The summed E-state index contributed by atoms with van der Waals surface area (Å²) in [4.78, 5) is 23.7. The molecule has 0 bridgehead atoms. The average Bonchev–Trinajstić information content (AvgIpc) is 3.25. The predicted molar refractivity (Wildman–Crippen MR) is 124 cm³/mol. The smallest absolute Gasteiger partial charge is 0.255 e. The van der Waals surface area contributed by atoms with Crippen molar-refractivity contribution in [2.24, 2.45) is 0 Å². The number of likely N-dealkylation sites (N-methyl/N-ethyl adjacent to an activating group) is 1. The van der Waals surface area contributed by atoms with Crippen LogP contribution < -0.4 is 5.32 Å². The summed E-state index contributed by atoms with van der Waals surface area (Å²) in [6.07, 6.45) is 4.65. The zero-order chi connectivity index (χ0) is 21.2. The Morgan fingerprint density at radius 2 is 1.84 bits per heavy atom. The minimum Gasteiger partial charge on any atom is -0.322 e. The largest absolute Gasteiger partial charge is 0.322 e. The molecule has 154 valence electrons. The quantitative estimate of drug-likeness (QED) is 0.518. The molecular formula is C26H24N4O. The van der Waals surface area contributed by atoms with E-state index in [1.807, 2.05) is 60.8 Å². The standard InChI is InChI=1S/C26H24N4O/c1-30-12-11-20(16-30)24-14-21(13-22-15-27-17-28-25(22)24)18-7-9-19(10-8-18)26(31)29-23-5-3-2-4-6-23/h2-10,13-15,17,20H,11-12,16H2,1H3,(H,29,31). The van der Waals surface area contributed by atoms with Crippen molar-refractivity contribution in [3.8, 4) is 11.1 Å². The van der Waals surface area contributed by atoms with Crippen LogP contribution in [-0.4, -0.2) is 40.9 Å². The van der Waals surface area contributed by atoms with E-state index >= 15 is 0 Å². The first kappa shape index (κ1) is 19.4. The Hall–Kier alpha value is -3.57. The Balaban J connectivity index is 1.46. The number of anilines is 1. The summed E-state index contributed by atoms with van der Waals surface area (Å²) < 4.78 is 0. The molecule has 1 aliphatic rings. The van der Waals surface area contributed by atoms with Crippen LogP contribution in [0, 0.1) is 0 Å². The second-order valence-corrected chi connectivity index (χ2v) is 8.17. The number of carbonyl (C=O) groups excluding carboxylic acids is 1. The Labute approximate surface area is 181 Å². The summed E-state index contributed by atoms with van der Waals surface area (Å²) in [5, 5.41) is 3.98. The number of amides is 1. The monoisotopic (exact) mass is 408 g/mol. The molecule has 0 spiro atoms. The number of rotatable bonds is 4. The van der Waals surface area contributed by atoms with Crippen LogP contribution in [-0.2, 0) is 0 Å². The van der Waals surface area contributed by atoms with Crippen molar-refractivity contribution in [1.29, 1.82) is 0 Å². The van der Waals surface area contributed by atoms with Crippen LogP contribution >= 0.6 is 0 Å². The fourth-order valence-corrected chi connectivity index (χ4v) is 4.34. The number of fused-ring (bicyclic) bond motifs is 1. The Morgan fingerprint density at radius 1 is 1.03 bits per heavy atom. The van der Waals surface area contributed by atoms with Gasteiger partial charge in [0, 0.05) is 29.4 Å². The fourth-order valence-electron chi connectivity index (χ4n) is 4.34. The van der Waals surface area contributed by atoms with Gasteiger partial charge in [0.1, 0.15) is 6.33 Å². The minimum absolute atomic E-state index is 0.112. The number of carbonyl (C=O) groups is 1. The third kappa shape index (κ3) is 4.05. The minimum atomic E-state index is -0.112. The molecule has 1 fully saturated rings. The van der Waals surface area contributed by atoms with E-state index in [9.17, 15) is 4.79 Å². The van der Waals surface area contributed by atoms with E-state index in [0.717, 1.165) is 47.2 Å². The lowest BCUT2D eigenvalue weighted by Gasteiger charge is -2.15. The molecule has 5 nitrogen and oxygen atoms in total. The second kappa shape index (κ2) is 8.28. The molecule has 1 aliphatic heterocycles. The van der Waals surface area contributed by atoms with Crippen molar-refractivity contribution in [3.05, 3.63) is 90.4 Å². The molecule has 1 unspecified atom stereocenters. The van der Waals surface area contributed by atoms with Crippen molar-refractivity contribution in [1.82, 2.24) is 14.9 Å². The number of hydrogen-bond donors (Lipinski definition) is 1. The lowest BCUT2D eigenvalue weighted by Crippen LogP contribution is -2.13. The van der Waals surface area contributed by atoms with Crippen LogP contribution in [0.5, 0.6) is 0 Å². The highest BCUT2D eigenvalue weighted by Crippen LogP contribution is 2.34. The molecule has 2 heterocycles. The maximum atomic E-state index is 12.6. The van der Waals surface area contributed by atoms with Gasteiger partial charge in [0.25, 0.3) is 5.91 Å². The Morgan fingerprint density at radius 3 is 2.58 bits per heavy atom. The van der Waals surface area contributed by atoms with Gasteiger partial charge >= 0.3 is 0 Å².